The summed E-state index contributed by atoms with van der Waals surface area (Å²) in [5.41, 5.74) is 2.39. The van der Waals surface area contributed by atoms with Crippen molar-refractivity contribution in [3.05, 3.63) is 76.4 Å². The highest BCUT2D eigenvalue weighted by molar-refractivity contribution is 6.34. The Bertz CT molecular complexity index is 1130. The van der Waals surface area contributed by atoms with Gasteiger partial charge in [-0.15, -0.1) is 0 Å². The number of carbonyl (C=O) groups is 1. The number of fused-ring (bicyclic) bond motifs is 1. The second-order valence-electron chi connectivity index (χ2n) is 7.87. The number of pyridine rings is 1. The number of hydrogen-bond acceptors (Lipinski definition) is 4. The highest BCUT2D eigenvalue weighted by Gasteiger charge is 2.32. The minimum atomic E-state index is -0.153. The van der Waals surface area contributed by atoms with E-state index < -0.39 is 0 Å². The second-order valence-corrected chi connectivity index (χ2v) is 8.71. The molecule has 1 saturated carbocycles. The molecule has 1 aliphatic carbocycles. The topological polar surface area (TPSA) is 45.7 Å². The molecule has 0 unspecified atom stereocenters. The van der Waals surface area contributed by atoms with E-state index in [9.17, 15) is 4.79 Å². The molecule has 0 atom stereocenters. The van der Waals surface area contributed by atoms with Crippen LogP contribution < -0.4 is 14.5 Å². The van der Waals surface area contributed by atoms with Gasteiger partial charge in [-0.2, -0.15) is 0 Å². The lowest BCUT2D eigenvalue weighted by molar-refractivity contribution is 0.0983. The first-order valence-corrected chi connectivity index (χ1v) is 11.1. The molecule has 1 aromatic heterocycles. The summed E-state index contributed by atoms with van der Waals surface area (Å²) in [6.45, 7) is 2.46. The molecule has 0 bridgehead atoms. The number of nitrogens with zero attached hydrogens (tertiary/aromatic N) is 3. The van der Waals surface area contributed by atoms with Crippen molar-refractivity contribution in [3.63, 3.8) is 0 Å². The number of benzene rings is 2. The number of ether oxygens (including phenoxy) is 1. The van der Waals surface area contributed by atoms with Gasteiger partial charge in [0, 0.05) is 36.9 Å². The third-order valence-electron chi connectivity index (χ3n) is 5.63. The van der Waals surface area contributed by atoms with Crippen molar-refractivity contribution in [1.29, 1.82) is 0 Å². The molecule has 2 aromatic carbocycles. The fourth-order valence-electron chi connectivity index (χ4n) is 3.87. The van der Waals surface area contributed by atoms with Gasteiger partial charge in [-0.1, -0.05) is 35.3 Å². The Labute approximate surface area is 191 Å². The van der Waals surface area contributed by atoms with Crippen molar-refractivity contribution in [1.82, 2.24) is 4.98 Å². The summed E-state index contributed by atoms with van der Waals surface area (Å²) in [5.74, 6) is 1.18. The van der Waals surface area contributed by atoms with Crippen LogP contribution in [0.2, 0.25) is 10.0 Å². The molecule has 31 heavy (non-hydrogen) atoms. The molecule has 2 heterocycles. The summed E-state index contributed by atoms with van der Waals surface area (Å²) >= 11 is 12.3. The lowest BCUT2D eigenvalue weighted by Gasteiger charge is -2.38. The predicted octanol–water partition coefficient (Wildman–Crippen LogP) is 6.06. The molecule has 158 valence electrons. The summed E-state index contributed by atoms with van der Waals surface area (Å²) in [4.78, 5) is 22.1. The fraction of sp³-hybridized carbons (Fsp3) is 0.250. The number of para-hydroxylation sites is 2. The van der Waals surface area contributed by atoms with Crippen LogP contribution in [0.1, 0.15) is 23.2 Å². The molecule has 1 amide bonds. The molecule has 5 nitrogen and oxygen atoms in total. The highest BCUT2D eigenvalue weighted by atomic mass is 35.5. The number of rotatable bonds is 5. The van der Waals surface area contributed by atoms with Crippen LogP contribution in [0.3, 0.4) is 0 Å². The molecule has 0 N–H and O–H groups in total. The van der Waals surface area contributed by atoms with E-state index in [-0.39, 0.29) is 11.8 Å². The Morgan fingerprint density at radius 3 is 2.65 bits per heavy atom. The van der Waals surface area contributed by atoms with E-state index in [0.717, 1.165) is 30.4 Å². The Morgan fingerprint density at radius 2 is 1.84 bits per heavy atom. The third kappa shape index (κ3) is 4.21. The van der Waals surface area contributed by atoms with E-state index in [1.165, 1.54) is 12.8 Å². The minimum Gasteiger partial charge on any atom is -0.437 e. The van der Waals surface area contributed by atoms with Gasteiger partial charge in [-0.05, 0) is 55.2 Å². The first-order chi connectivity index (χ1) is 15.1. The van der Waals surface area contributed by atoms with Crippen LogP contribution in [0, 0.1) is 5.92 Å². The second kappa shape index (κ2) is 8.40. The standard InChI is InChI=1S/C24H21Cl2N3O2/c25-17-9-10-19(26)22(14-17)31-23-18(4-3-11-27-23)24(30)29-13-12-28(15-16-7-8-16)20-5-1-2-6-21(20)29/h1-6,9-11,14,16H,7-8,12-13,15H2. The molecule has 7 heteroatoms. The zero-order valence-electron chi connectivity index (χ0n) is 16.8. The minimum absolute atomic E-state index is 0.153. The van der Waals surface area contributed by atoms with Gasteiger partial charge in [-0.3, -0.25) is 4.79 Å². The van der Waals surface area contributed by atoms with Crippen molar-refractivity contribution in [2.45, 2.75) is 12.8 Å². The Morgan fingerprint density at radius 1 is 1.03 bits per heavy atom. The van der Waals surface area contributed by atoms with E-state index in [1.54, 1.807) is 36.5 Å². The molecule has 1 fully saturated rings. The highest BCUT2D eigenvalue weighted by Crippen LogP contribution is 2.39. The van der Waals surface area contributed by atoms with Crippen LogP contribution in [-0.4, -0.2) is 30.5 Å². The van der Waals surface area contributed by atoms with Gasteiger partial charge in [0.2, 0.25) is 5.88 Å². The molecule has 0 radical (unpaired) electrons. The molecule has 0 saturated heterocycles. The van der Waals surface area contributed by atoms with Gasteiger partial charge in [0.1, 0.15) is 11.3 Å². The fourth-order valence-corrected chi connectivity index (χ4v) is 4.19. The molecule has 5 rings (SSSR count). The molecular formula is C24H21Cl2N3O2. The quantitative estimate of drug-likeness (QED) is 0.470. The maximum atomic E-state index is 13.6. The third-order valence-corrected chi connectivity index (χ3v) is 6.18. The maximum absolute atomic E-state index is 13.6. The molecule has 1 aliphatic heterocycles. The smallest absolute Gasteiger partial charge is 0.263 e. The summed E-state index contributed by atoms with van der Waals surface area (Å²) < 4.78 is 5.92. The number of carbonyl (C=O) groups excluding carboxylic acids is 1. The van der Waals surface area contributed by atoms with Gasteiger partial charge < -0.3 is 14.5 Å². The summed E-state index contributed by atoms with van der Waals surface area (Å²) in [7, 11) is 0. The van der Waals surface area contributed by atoms with Crippen molar-refractivity contribution >= 4 is 40.5 Å². The number of halogens is 2. The molecule has 3 aromatic rings. The van der Waals surface area contributed by atoms with Crippen molar-refractivity contribution < 1.29 is 9.53 Å². The molecule has 0 spiro atoms. The SMILES string of the molecule is O=C(c1cccnc1Oc1cc(Cl)ccc1Cl)N1CCN(CC2CC2)c2ccccc21. The van der Waals surface area contributed by atoms with Crippen molar-refractivity contribution in [3.8, 4) is 11.6 Å². The van der Waals surface area contributed by atoms with Gasteiger partial charge in [0.25, 0.3) is 5.91 Å². The van der Waals surface area contributed by atoms with Crippen molar-refractivity contribution in [2.24, 2.45) is 5.92 Å². The normalized spacial score (nSPS) is 15.5. The van der Waals surface area contributed by atoms with Gasteiger partial charge in [-0.25, -0.2) is 4.98 Å². The Hall–Kier alpha value is -2.76. The summed E-state index contributed by atoms with van der Waals surface area (Å²) in [6, 6.07) is 16.5. The van der Waals surface area contributed by atoms with E-state index in [2.05, 4.69) is 16.0 Å². The number of hydrogen-bond donors (Lipinski definition) is 0. The number of anilines is 2. The van der Waals surface area contributed by atoms with E-state index in [4.69, 9.17) is 27.9 Å². The zero-order valence-corrected chi connectivity index (χ0v) is 18.3. The zero-order chi connectivity index (χ0) is 21.4. The average Bonchev–Trinajstić information content (AvgIpc) is 3.61. The Kier molecular flexibility index (Phi) is 5.47. The van der Waals surface area contributed by atoms with Gasteiger partial charge >= 0.3 is 0 Å². The molecule has 2 aliphatic rings. The molecular weight excluding hydrogens is 433 g/mol. The van der Waals surface area contributed by atoms with E-state index >= 15 is 0 Å². The largest absolute Gasteiger partial charge is 0.437 e. The number of amides is 1. The van der Waals surface area contributed by atoms with Crippen LogP contribution >= 0.6 is 23.2 Å². The lowest BCUT2D eigenvalue weighted by atomic mass is 10.1. The maximum Gasteiger partial charge on any atom is 0.263 e. The average molecular weight is 454 g/mol. The van der Waals surface area contributed by atoms with Crippen LogP contribution in [0.5, 0.6) is 11.6 Å². The lowest BCUT2D eigenvalue weighted by Crippen LogP contribution is -2.44. The number of aromatic nitrogens is 1. The monoisotopic (exact) mass is 453 g/mol. The van der Waals surface area contributed by atoms with Crippen molar-refractivity contribution in [2.75, 3.05) is 29.4 Å². The first kappa shape index (κ1) is 20.2. The first-order valence-electron chi connectivity index (χ1n) is 10.3. The van der Waals surface area contributed by atoms with Gasteiger partial charge in [0.15, 0.2) is 0 Å². The predicted molar refractivity (Wildman–Crippen MR) is 124 cm³/mol. The van der Waals surface area contributed by atoms with Gasteiger partial charge in [0.05, 0.1) is 16.4 Å². The summed E-state index contributed by atoms with van der Waals surface area (Å²) in [5, 5.41) is 0.886. The van der Waals surface area contributed by atoms with E-state index in [1.807, 2.05) is 23.1 Å². The Balaban J connectivity index is 1.46. The van der Waals surface area contributed by atoms with Crippen LogP contribution in [0.15, 0.2) is 60.8 Å². The van der Waals surface area contributed by atoms with E-state index in [0.29, 0.717) is 27.9 Å². The van der Waals surface area contributed by atoms with Crippen LogP contribution in [0.4, 0.5) is 11.4 Å². The van der Waals surface area contributed by atoms with Crippen LogP contribution in [-0.2, 0) is 0 Å². The summed E-state index contributed by atoms with van der Waals surface area (Å²) in [6.07, 6.45) is 4.18. The van der Waals surface area contributed by atoms with Crippen LogP contribution in [0.25, 0.3) is 0 Å².